The lowest BCUT2D eigenvalue weighted by Gasteiger charge is -2.11. The van der Waals surface area contributed by atoms with Crippen molar-refractivity contribution in [3.63, 3.8) is 0 Å². The number of benzene rings is 3. The number of aromatic carboxylic acids is 1. The Morgan fingerprint density at radius 1 is 1.00 bits per heavy atom. The van der Waals surface area contributed by atoms with Crippen molar-refractivity contribution in [1.29, 1.82) is 0 Å². The zero-order chi connectivity index (χ0) is 18.7. The zero-order valence-electron chi connectivity index (χ0n) is 14.0. The van der Waals surface area contributed by atoms with E-state index < -0.39 is 17.6 Å². The molecule has 0 aliphatic rings. The molecule has 0 aromatic heterocycles. The van der Waals surface area contributed by atoms with E-state index in [1.54, 1.807) is 24.3 Å². The van der Waals surface area contributed by atoms with Crippen LogP contribution in [-0.4, -0.2) is 11.1 Å². The van der Waals surface area contributed by atoms with Gasteiger partial charge < -0.3 is 9.84 Å². The smallest absolute Gasteiger partial charge is 0.336 e. The maximum atomic E-state index is 14.0. The summed E-state index contributed by atoms with van der Waals surface area (Å²) in [6.45, 7) is 2.02. The second-order valence-corrected chi connectivity index (χ2v) is 5.90. The van der Waals surface area contributed by atoms with E-state index in [1.165, 1.54) is 12.1 Å². The SMILES string of the molecule is Cc1ccc(OCc2ccc(-c3ccc(F)cc3F)cc2C(=O)O)cc1. The molecule has 3 rings (SSSR count). The van der Waals surface area contributed by atoms with Gasteiger partial charge in [0.05, 0.1) is 5.56 Å². The molecular weight excluding hydrogens is 338 g/mol. The minimum atomic E-state index is -1.14. The van der Waals surface area contributed by atoms with Crippen molar-refractivity contribution in [3.05, 3.63) is 89.0 Å². The topological polar surface area (TPSA) is 46.5 Å². The highest BCUT2D eigenvalue weighted by molar-refractivity contribution is 5.91. The number of carbonyl (C=O) groups is 1. The summed E-state index contributed by atoms with van der Waals surface area (Å²) in [7, 11) is 0. The van der Waals surface area contributed by atoms with Crippen LogP contribution < -0.4 is 4.74 Å². The molecule has 0 bridgehead atoms. The van der Waals surface area contributed by atoms with Gasteiger partial charge in [-0.3, -0.25) is 0 Å². The monoisotopic (exact) mass is 354 g/mol. The molecule has 5 heteroatoms. The van der Waals surface area contributed by atoms with E-state index in [0.717, 1.165) is 17.7 Å². The van der Waals surface area contributed by atoms with Gasteiger partial charge in [-0.1, -0.05) is 29.8 Å². The summed E-state index contributed by atoms with van der Waals surface area (Å²) < 4.78 is 32.7. The standard InChI is InChI=1S/C21H16F2O3/c1-13-2-7-17(8-3-13)26-12-15-5-4-14(10-19(15)21(24)25)18-9-6-16(22)11-20(18)23/h2-11H,12H2,1H3,(H,24,25). The number of carboxylic acid groups (broad SMARTS) is 1. The van der Waals surface area contributed by atoms with Crippen LogP contribution in [-0.2, 0) is 6.61 Å². The largest absolute Gasteiger partial charge is 0.489 e. The van der Waals surface area contributed by atoms with Gasteiger partial charge in [0, 0.05) is 17.2 Å². The van der Waals surface area contributed by atoms with Gasteiger partial charge in [0.1, 0.15) is 24.0 Å². The highest BCUT2D eigenvalue weighted by Gasteiger charge is 2.14. The molecule has 26 heavy (non-hydrogen) atoms. The Hall–Kier alpha value is -3.21. The maximum Gasteiger partial charge on any atom is 0.336 e. The van der Waals surface area contributed by atoms with Crippen LogP contribution in [0.2, 0.25) is 0 Å². The third kappa shape index (κ3) is 3.88. The normalized spacial score (nSPS) is 10.6. The summed E-state index contributed by atoms with van der Waals surface area (Å²) in [6, 6.07) is 15.1. The Labute approximate surface area is 149 Å². The van der Waals surface area contributed by atoms with Crippen LogP contribution in [0.3, 0.4) is 0 Å². The van der Waals surface area contributed by atoms with E-state index in [2.05, 4.69) is 0 Å². The molecule has 0 fully saturated rings. The van der Waals surface area contributed by atoms with Crippen molar-refractivity contribution in [3.8, 4) is 16.9 Å². The number of hydrogen-bond donors (Lipinski definition) is 1. The Kier molecular flexibility index (Phi) is 4.98. The fourth-order valence-electron chi connectivity index (χ4n) is 2.59. The highest BCUT2D eigenvalue weighted by atomic mass is 19.1. The number of aryl methyl sites for hydroxylation is 1. The summed E-state index contributed by atoms with van der Waals surface area (Å²) >= 11 is 0. The zero-order valence-corrected chi connectivity index (χ0v) is 14.0. The molecule has 0 amide bonds. The summed E-state index contributed by atoms with van der Waals surface area (Å²) in [5, 5.41) is 9.47. The minimum Gasteiger partial charge on any atom is -0.489 e. The predicted molar refractivity (Wildman–Crippen MR) is 94.3 cm³/mol. The predicted octanol–water partition coefficient (Wildman–Crippen LogP) is 5.22. The van der Waals surface area contributed by atoms with Crippen molar-refractivity contribution in [1.82, 2.24) is 0 Å². The van der Waals surface area contributed by atoms with E-state index in [4.69, 9.17) is 4.74 Å². The van der Waals surface area contributed by atoms with Crippen LogP contribution in [0.25, 0.3) is 11.1 Å². The van der Waals surface area contributed by atoms with Crippen LogP contribution in [0.1, 0.15) is 21.5 Å². The first-order valence-corrected chi connectivity index (χ1v) is 7.95. The van der Waals surface area contributed by atoms with Gasteiger partial charge in [-0.25, -0.2) is 13.6 Å². The molecule has 3 aromatic carbocycles. The molecule has 0 saturated heterocycles. The number of ether oxygens (including phenoxy) is 1. The number of rotatable bonds is 5. The second kappa shape index (κ2) is 7.35. The molecule has 0 atom stereocenters. The molecule has 0 heterocycles. The molecule has 0 aliphatic heterocycles. The quantitative estimate of drug-likeness (QED) is 0.683. The van der Waals surface area contributed by atoms with Gasteiger partial charge in [-0.2, -0.15) is 0 Å². The average molecular weight is 354 g/mol. The Morgan fingerprint density at radius 3 is 2.38 bits per heavy atom. The van der Waals surface area contributed by atoms with E-state index in [1.807, 2.05) is 19.1 Å². The molecule has 0 aliphatic carbocycles. The fraction of sp³-hybridized carbons (Fsp3) is 0.0952. The first-order valence-electron chi connectivity index (χ1n) is 7.95. The van der Waals surface area contributed by atoms with Gasteiger partial charge >= 0.3 is 5.97 Å². The fourth-order valence-corrected chi connectivity index (χ4v) is 2.59. The van der Waals surface area contributed by atoms with Crippen molar-refractivity contribution in [2.75, 3.05) is 0 Å². The molecular formula is C21H16F2O3. The van der Waals surface area contributed by atoms with E-state index >= 15 is 0 Å². The molecule has 3 aromatic rings. The van der Waals surface area contributed by atoms with Crippen LogP contribution in [0, 0.1) is 18.6 Å². The minimum absolute atomic E-state index is 0.0123. The lowest BCUT2D eigenvalue weighted by Crippen LogP contribution is -2.06. The van der Waals surface area contributed by atoms with E-state index in [-0.39, 0.29) is 17.7 Å². The van der Waals surface area contributed by atoms with Gasteiger partial charge in [0.25, 0.3) is 0 Å². The summed E-state index contributed by atoms with van der Waals surface area (Å²) in [4.78, 5) is 11.6. The second-order valence-electron chi connectivity index (χ2n) is 5.90. The average Bonchev–Trinajstić information content (AvgIpc) is 2.61. The summed E-state index contributed by atoms with van der Waals surface area (Å²) in [6.07, 6.45) is 0. The first kappa shape index (κ1) is 17.6. The maximum absolute atomic E-state index is 14.0. The third-order valence-electron chi connectivity index (χ3n) is 4.00. The Morgan fingerprint density at radius 2 is 1.73 bits per heavy atom. The van der Waals surface area contributed by atoms with Crippen molar-refractivity contribution in [2.45, 2.75) is 13.5 Å². The van der Waals surface area contributed by atoms with Gasteiger partial charge in [-0.05, 0) is 42.8 Å². The molecule has 132 valence electrons. The van der Waals surface area contributed by atoms with E-state index in [0.29, 0.717) is 16.9 Å². The lowest BCUT2D eigenvalue weighted by molar-refractivity contribution is 0.0694. The van der Waals surface area contributed by atoms with Crippen LogP contribution in [0.5, 0.6) is 5.75 Å². The third-order valence-corrected chi connectivity index (χ3v) is 4.00. The van der Waals surface area contributed by atoms with Gasteiger partial charge in [-0.15, -0.1) is 0 Å². The molecule has 0 radical (unpaired) electrons. The van der Waals surface area contributed by atoms with Gasteiger partial charge in [0.2, 0.25) is 0 Å². The van der Waals surface area contributed by atoms with Gasteiger partial charge in [0.15, 0.2) is 0 Å². The molecule has 0 unspecified atom stereocenters. The molecule has 0 spiro atoms. The van der Waals surface area contributed by atoms with Crippen LogP contribution >= 0.6 is 0 Å². The Balaban J connectivity index is 1.89. The molecule has 0 saturated carbocycles. The first-order chi connectivity index (χ1) is 12.4. The van der Waals surface area contributed by atoms with Crippen LogP contribution in [0.15, 0.2) is 60.7 Å². The molecule has 3 nitrogen and oxygen atoms in total. The summed E-state index contributed by atoms with van der Waals surface area (Å²) in [5.41, 5.74) is 2.07. The number of halogens is 2. The van der Waals surface area contributed by atoms with Crippen molar-refractivity contribution in [2.24, 2.45) is 0 Å². The molecule has 1 N–H and O–H groups in total. The van der Waals surface area contributed by atoms with Crippen LogP contribution in [0.4, 0.5) is 8.78 Å². The van der Waals surface area contributed by atoms with Crippen molar-refractivity contribution < 1.29 is 23.4 Å². The number of carboxylic acids is 1. The highest BCUT2D eigenvalue weighted by Crippen LogP contribution is 2.26. The summed E-state index contributed by atoms with van der Waals surface area (Å²) in [5.74, 6) is -1.95. The lowest BCUT2D eigenvalue weighted by atomic mass is 9.99. The van der Waals surface area contributed by atoms with Crippen molar-refractivity contribution >= 4 is 5.97 Å². The Bertz CT molecular complexity index is 950. The van der Waals surface area contributed by atoms with E-state index in [9.17, 15) is 18.7 Å². The number of hydrogen-bond acceptors (Lipinski definition) is 2.